The Labute approximate surface area is 110 Å². The van der Waals surface area contributed by atoms with Gasteiger partial charge in [-0.3, -0.25) is 14.4 Å². The number of nitrogens with zero attached hydrogens (tertiary/aromatic N) is 2. The van der Waals surface area contributed by atoms with Gasteiger partial charge in [0.2, 0.25) is 5.91 Å². The van der Waals surface area contributed by atoms with Crippen molar-refractivity contribution in [2.45, 2.75) is 38.1 Å². The van der Waals surface area contributed by atoms with Gasteiger partial charge in [-0.1, -0.05) is 0 Å². The summed E-state index contributed by atoms with van der Waals surface area (Å²) in [6.45, 7) is 0. The Balaban J connectivity index is 1.90. The molecule has 7 heteroatoms. The van der Waals surface area contributed by atoms with E-state index in [1.165, 1.54) is 12.1 Å². The highest BCUT2D eigenvalue weighted by Gasteiger charge is 2.32. The minimum atomic E-state index is -0.808. The predicted octanol–water partition coefficient (Wildman–Crippen LogP) is -0.0359. The molecular weight excluding hydrogens is 250 g/mol. The van der Waals surface area contributed by atoms with Gasteiger partial charge in [-0.15, -0.1) is 0 Å². The zero-order valence-corrected chi connectivity index (χ0v) is 10.8. The van der Waals surface area contributed by atoms with Gasteiger partial charge in [-0.05, 0) is 19.3 Å². The number of carboxylic acid groups (broad SMARTS) is 1. The SMILES string of the molecule is CN1N=C(C(=O)N[C@@H]2CC[C@H](C(=O)O)C2)CCC1=O. The standard InChI is InChI=1S/C12H17N3O4/c1-15-10(16)5-4-9(14-15)11(17)13-8-3-2-7(6-8)12(18)19/h7-8H,2-6H2,1H3,(H,13,17)(H,18,19)/t7-,8+/m0/s1. The predicted molar refractivity (Wildman–Crippen MR) is 66.3 cm³/mol. The second-order valence-electron chi connectivity index (χ2n) is 4.98. The number of rotatable bonds is 3. The van der Waals surface area contributed by atoms with Gasteiger partial charge >= 0.3 is 5.97 Å². The molecule has 1 aliphatic carbocycles. The lowest BCUT2D eigenvalue weighted by atomic mass is 10.1. The highest BCUT2D eigenvalue weighted by Crippen LogP contribution is 2.25. The van der Waals surface area contributed by atoms with Crippen molar-refractivity contribution in [2.75, 3.05) is 7.05 Å². The molecule has 0 spiro atoms. The first-order chi connectivity index (χ1) is 8.97. The monoisotopic (exact) mass is 267 g/mol. The summed E-state index contributed by atoms with van der Waals surface area (Å²) in [5, 5.41) is 16.8. The average molecular weight is 267 g/mol. The first-order valence-corrected chi connectivity index (χ1v) is 6.35. The Kier molecular flexibility index (Phi) is 3.82. The highest BCUT2D eigenvalue weighted by atomic mass is 16.4. The summed E-state index contributed by atoms with van der Waals surface area (Å²) < 4.78 is 0. The molecule has 1 fully saturated rings. The van der Waals surface area contributed by atoms with Crippen LogP contribution in [0.3, 0.4) is 0 Å². The van der Waals surface area contributed by atoms with Crippen molar-refractivity contribution >= 4 is 23.5 Å². The van der Waals surface area contributed by atoms with Crippen LogP contribution < -0.4 is 5.32 Å². The molecule has 2 N–H and O–H groups in total. The molecule has 0 saturated heterocycles. The Morgan fingerprint density at radius 1 is 1.37 bits per heavy atom. The molecular formula is C12H17N3O4. The first-order valence-electron chi connectivity index (χ1n) is 6.35. The van der Waals surface area contributed by atoms with Crippen LogP contribution in [-0.2, 0) is 14.4 Å². The minimum absolute atomic E-state index is 0.108. The van der Waals surface area contributed by atoms with E-state index in [4.69, 9.17) is 5.11 Å². The Bertz CT molecular complexity index is 446. The number of hydrogen-bond acceptors (Lipinski definition) is 4. The van der Waals surface area contributed by atoms with Crippen LogP contribution in [0, 0.1) is 5.92 Å². The molecule has 0 bridgehead atoms. The molecule has 7 nitrogen and oxygen atoms in total. The van der Waals surface area contributed by atoms with Gasteiger partial charge in [0.05, 0.1) is 5.92 Å². The molecule has 0 aromatic heterocycles. The third kappa shape index (κ3) is 3.10. The molecule has 1 aliphatic heterocycles. The molecule has 19 heavy (non-hydrogen) atoms. The van der Waals surface area contributed by atoms with Gasteiger partial charge in [0.1, 0.15) is 5.71 Å². The quantitative estimate of drug-likeness (QED) is 0.749. The molecule has 2 aliphatic rings. The van der Waals surface area contributed by atoms with Crippen molar-refractivity contribution in [3.8, 4) is 0 Å². The fourth-order valence-electron chi connectivity index (χ4n) is 2.44. The van der Waals surface area contributed by atoms with Crippen molar-refractivity contribution in [2.24, 2.45) is 11.0 Å². The molecule has 0 aromatic rings. The van der Waals surface area contributed by atoms with Crippen molar-refractivity contribution in [3.05, 3.63) is 0 Å². The zero-order chi connectivity index (χ0) is 14.0. The Hall–Kier alpha value is -1.92. The van der Waals surface area contributed by atoms with E-state index in [9.17, 15) is 14.4 Å². The molecule has 0 aromatic carbocycles. The highest BCUT2D eigenvalue weighted by molar-refractivity contribution is 6.39. The second-order valence-corrected chi connectivity index (χ2v) is 4.98. The van der Waals surface area contributed by atoms with E-state index in [1.807, 2.05) is 0 Å². The van der Waals surface area contributed by atoms with Crippen LogP contribution in [0.2, 0.25) is 0 Å². The number of hydrogen-bond donors (Lipinski definition) is 2. The molecule has 1 heterocycles. The maximum atomic E-state index is 12.0. The fraction of sp³-hybridized carbons (Fsp3) is 0.667. The number of nitrogens with one attached hydrogen (secondary N) is 1. The lowest BCUT2D eigenvalue weighted by Gasteiger charge is -2.20. The number of carboxylic acids is 1. The smallest absolute Gasteiger partial charge is 0.306 e. The lowest BCUT2D eigenvalue weighted by Crippen LogP contribution is -2.41. The molecule has 0 radical (unpaired) electrons. The van der Waals surface area contributed by atoms with Crippen molar-refractivity contribution in [1.82, 2.24) is 10.3 Å². The van der Waals surface area contributed by atoms with Crippen LogP contribution in [0.5, 0.6) is 0 Å². The summed E-state index contributed by atoms with van der Waals surface area (Å²) in [4.78, 5) is 34.0. The molecule has 1 saturated carbocycles. The number of hydrazone groups is 1. The maximum absolute atomic E-state index is 12.0. The lowest BCUT2D eigenvalue weighted by molar-refractivity contribution is -0.141. The van der Waals surface area contributed by atoms with E-state index in [0.29, 0.717) is 31.4 Å². The Morgan fingerprint density at radius 3 is 2.68 bits per heavy atom. The summed E-state index contributed by atoms with van der Waals surface area (Å²) in [5.41, 5.74) is 0.334. The van der Waals surface area contributed by atoms with E-state index in [0.717, 1.165) is 0 Å². The summed E-state index contributed by atoms with van der Waals surface area (Å²) in [6, 6.07) is -0.112. The third-order valence-electron chi connectivity index (χ3n) is 3.59. The zero-order valence-electron chi connectivity index (χ0n) is 10.8. The van der Waals surface area contributed by atoms with Crippen molar-refractivity contribution < 1.29 is 19.5 Å². The molecule has 104 valence electrons. The fourth-order valence-corrected chi connectivity index (χ4v) is 2.44. The largest absolute Gasteiger partial charge is 0.481 e. The van der Waals surface area contributed by atoms with Gasteiger partial charge < -0.3 is 10.4 Å². The van der Waals surface area contributed by atoms with E-state index < -0.39 is 5.97 Å². The van der Waals surface area contributed by atoms with Crippen LogP contribution in [0.25, 0.3) is 0 Å². The maximum Gasteiger partial charge on any atom is 0.306 e. The average Bonchev–Trinajstić information content (AvgIpc) is 2.81. The molecule has 2 rings (SSSR count). The summed E-state index contributed by atoms with van der Waals surface area (Å²) in [6.07, 6.45) is 2.34. The van der Waals surface area contributed by atoms with E-state index in [1.54, 1.807) is 0 Å². The summed E-state index contributed by atoms with van der Waals surface area (Å²) >= 11 is 0. The van der Waals surface area contributed by atoms with Gasteiger partial charge in [0.25, 0.3) is 5.91 Å². The third-order valence-corrected chi connectivity index (χ3v) is 3.59. The van der Waals surface area contributed by atoms with Gasteiger partial charge in [0.15, 0.2) is 0 Å². The summed E-state index contributed by atoms with van der Waals surface area (Å²) in [7, 11) is 1.52. The van der Waals surface area contributed by atoms with Crippen molar-refractivity contribution in [1.29, 1.82) is 0 Å². The number of amides is 2. The minimum Gasteiger partial charge on any atom is -0.481 e. The normalized spacial score (nSPS) is 27.1. The van der Waals surface area contributed by atoms with Crippen LogP contribution >= 0.6 is 0 Å². The van der Waals surface area contributed by atoms with Gasteiger partial charge in [-0.2, -0.15) is 5.10 Å². The molecule has 2 amide bonds. The van der Waals surface area contributed by atoms with E-state index >= 15 is 0 Å². The first kappa shape index (κ1) is 13.5. The van der Waals surface area contributed by atoms with E-state index in [-0.39, 0.29) is 30.2 Å². The van der Waals surface area contributed by atoms with Gasteiger partial charge in [-0.25, -0.2) is 5.01 Å². The van der Waals surface area contributed by atoms with Crippen LogP contribution in [0.4, 0.5) is 0 Å². The van der Waals surface area contributed by atoms with Crippen LogP contribution in [-0.4, -0.2) is 46.7 Å². The Morgan fingerprint density at radius 2 is 2.11 bits per heavy atom. The number of carbonyl (C=O) groups is 3. The topological polar surface area (TPSA) is 99.1 Å². The number of carbonyl (C=O) groups excluding carboxylic acids is 2. The van der Waals surface area contributed by atoms with Crippen LogP contribution in [0.15, 0.2) is 5.10 Å². The van der Waals surface area contributed by atoms with Crippen molar-refractivity contribution in [3.63, 3.8) is 0 Å². The van der Waals surface area contributed by atoms with Crippen LogP contribution in [0.1, 0.15) is 32.1 Å². The molecule has 2 atom stereocenters. The van der Waals surface area contributed by atoms with E-state index in [2.05, 4.69) is 10.4 Å². The second kappa shape index (κ2) is 5.38. The summed E-state index contributed by atoms with van der Waals surface area (Å²) in [5.74, 6) is -1.58. The van der Waals surface area contributed by atoms with Gasteiger partial charge in [0, 0.05) is 25.9 Å². The number of aliphatic carboxylic acids is 1. The molecule has 0 unspecified atom stereocenters.